The van der Waals surface area contributed by atoms with E-state index in [4.69, 9.17) is 9.47 Å². The van der Waals surface area contributed by atoms with Crippen LogP contribution < -0.4 is 14.8 Å². The monoisotopic (exact) mass is 329 g/mol. The molecule has 0 amide bonds. The molecule has 1 heterocycles. The third-order valence-corrected chi connectivity index (χ3v) is 5.09. The first-order valence-corrected chi connectivity index (χ1v) is 9.15. The summed E-state index contributed by atoms with van der Waals surface area (Å²) in [4.78, 5) is 1.17. The molecule has 1 aliphatic rings. The summed E-state index contributed by atoms with van der Waals surface area (Å²) in [6.45, 7) is 2.96. The van der Waals surface area contributed by atoms with Gasteiger partial charge in [0.15, 0.2) is 0 Å². The molecule has 1 N–H and O–H groups in total. The second-order valence-corrected chi connectivity index (χ2v) is 6.58. The number of methoxy groups -OCH3 is 1. The molecular weight excluding hydrogens is 306 g/mol. The summed E-state index contributed by atoms with van der Waals surface area (Å²) in [5.74, 6) is 1.94. The van der Waals surface area contributed by atoms with Crippen LogP contribution in [0.5, 0.6) is 11.5 Å². The Balaban J connectivity index is 1.79. The van der Waals surface area contributed by atoms with Gasteiger partial charge in [-0.05, 0) is 36.9 Å². The van der Waals surface area contributed by atoms with Crippen molar-refractivity contribution in [2.24, 2.45) is 0 Å². The van der Waals surface area contributed by atoms with Gasteiger partial charge in [-0.25, -0.2) is 0 Å². The van der Waals surface area contributed by atoms with Crippen molar-refractivity contribution in [2.75, 3.05) is 20.0 Å². The van der Waals surface area contributed by atoms with Crippen LogP contribution in [0.15, 0.2) is 47.4 Å². The zero-order valence-corrected chi connectivity index (χ0v) is 14.7. The van der Waals surface area contributed by atoms with Crippen LogP contribution in [0.2, 0.25) is 0 Å². The van der Waals surface area contributed by atoms with Crippen LogP contribution in [0.3, 0.4) is 0 Å². The second kappa shape index (κ2) is 7.28. The maximum Gasteiger partial charge on any atom is 0.132 e. The highest BCUT2D eigenvalue weighted by atomic mass is 32.2. The summed E-state index contributed by atoms with van der Waals surface area (Å²) in [5.41, 5.74) is 2.49. The summed E-state index contributed by atoms with van der Waals surface area (Å²) in [5, 5.41) is 3.74. The van der Waals surface area contributed by atoms with Crippen LogP contribution in [0.25, 0.3) is 0 Å². The zero-order chi connectivity index (χ0) is 16.2. The van der Waals surface area contributed by atoms with Gasteiger partial charge in [0.25, 0.3) is 0 Å². The van der Waals surface area contributed by atoms with Gasteiger partial charge in [-0.15, -0.1) is 11.8 Å². The van der Waals surface area contributed by atoms with Gasteiger partial charge in [0.05, 0.1) is 13.7 Å². The Hall–Kier alpha value is -1.65. The Bertz CT molecular complexity index is 674. The van der Waals surface area contributed by atoms with E-state index in [9.17, 15) is 0 Å². The number of nitrogens with one attached hydrogen (secondary N) is 1. The SMILES string of the molecule is COc1cc([C@H](C)N[C@H]2CCOc3ccccc32)ccc1SC. The van der Waals surface area contributed by atoms with E-state index in [0.717, 1.165) is 24.5 Å². The molecule has 2 aromatic rings. The van der Waals surface area contributed by atoms with Gasteiger partial charge >= 0.3 is 0 Å². The lowest BCUT2D eigenvalue weighted by atomic mass is 9.98. The van der Waals surface area contributed by atoms with Gasteiger partial charge in [0.1, 0.15) is 11.5 Å². The third kappa shape index (κ3) is 3.48. The summed E-state index contributed by atoms with van der Waals surface area (Å²) in [6, 6.07) is 15.3. The summed E-state index contributed by atoms with van der Waals surface area (Å²) < 4.78 is 11.2. The number of ether oxygens (including phenoxy) is 2. The van der Waals surface area contributed by atoms with Crippen LogP contribution in [0.4, 0.5) is 0 Å². The van der Waals surface area contributed by atoms with Crippen LogP contribution in [-0.2, 0) is 0 Å². The van der Waals surface area contributed by atoms with Crippen LogP contribution >= 0.6 is 11.8 Å². The number of hydrogen-bond donors (Lipinski definition) is 1. The molecule has 3 nitrogen and oxygen atoms in total. The van der Waals surface area contributed by atoms with Gasteiger partial charge in [0.2, 0.25) is 0 Å². The number of fused-ring (bicyclic) bond motifs is 1. The fraction of sp³-hybridized carbons (Fsp3) is 0.368. The standard InChI is InChI=1S/C19H23NO2S/c1-13(14-8-9-19(23-3)18(12-14)21-2)20-16-10-11-22-17-7-5-4-6-15(16)17/h4-9,12-13,16,20H,10-11H2,1-3H3/t13-,16-/m0/s1. The largest absolute Gasteiger partial charge is 0.496 e. The van der Waals surface area contributed by atoms with E-state index in [1.807, 2.05) is 12.1 Å². The predicted octanol–water partition coefficient (Wildman–Crippen LogP) is 4.59. The Morgan fingerprint density at radius 3 is 2.87 bits per heavy atom. The van der Waals surface area contributed by atoms with Crippen molar-refractivity contribution in [3.05, 3.63) is 53.6 Å². The van der Waals surface area contributed by atoms with Gasteiger partial charge in [-0.1, -0.05) is 24.3 Å². The quantitative estimate of drug-likeness (QED) is 0.813. The maximum absolute atomic E-state index is 5.75. The molecule has 0 saturated heterocycles. The maximum atomic E-state index is 5.75. The van der Waals surface area contributed by atoms with Crippen molar-refractivity contribution in [1.29, 1.82) is 0 Å². The minimum absolute atomic E-state index is 0.246. The fourth-order valence-electron chi connectivity index (χ4n) is 3.04. The molecule has 4 heteroatoms. The number of para-hydroxylation sites is 1. The molecule has 0 bridgehead atoms. The van der Waals surface area contributed by atoms with Crippen molar-refractivity contribution in [2.45, 2.75) is 30.3 Å². The van der Waals surface area contributed by atoms with Crippen molar-refractivity contribution in [3.63, 3.8) is 0 Å². The first-order valence-electron chi connectivity index (χ1n) is 7.92. The number of benzene rings is 2. The third-order valence-electron chi connectivity index (χ3n) is 4.32. The normalized spacial score (nSPS) is 18.0. The molecule has 1 aliphatic heterocycles. The molecule has 3 rings (SSSR count). The van der Waals surface area contributed by atoms with Crippen LogP contribution in [0.1, 0.15) is 36.6 Å². The molecule has 0 spiro atoms. The molecule has 122 valence electrons. The number of thioether (sulfide) groups is 1. The highest BCUT2D eigenvalue weighted by Crippen LogP contribution is 2.35. The van der Waals surface area contributed by atoms with E-state index >= 15 is 0 Å². The minimum atomic E-state index is 0.246. The Morgan fingerprint density at radius 2 is 2.09 bits per heavy atom. The van der Waals surface area contributed by atoms with Gasteiger partial charge in [-0.3, -0.25) is 0 Å². The summed E-state index contributed by atoms with van der Waals surface area (Å²) in [6.07, 6.45) is 3.06. The Kier molecular flexibility index (Phi) is 5.13. The van der Waals surface area contributed by atoms with E-state index < -0.39 is 0 Å². The molecular formula is C19H23NO2S. The lowest BCUT2D eigenvalue weighted by Gasteiger charge is -2.29. The molecule has 0 radical (unpaired) electrons. The van der Waals surface area contributed by atoms with E-state index in [-0.39, 0.29) is 6.04 Å². The number of hydrogen-bond acceptors (Lipinski definition) is 4. The predicted molar refractivity (Wildman–Crippen MR) is 95.6 cm³/mol. The van der Waals surface area contributed by atoms with Crippen LogP contribution in [-0.4, -0.2) is 20.0 Å². The highest BCUT2D eigenvalue weighted by molar-refractivity contribution is 7.98. The van der Waals surface area contributed by atoms with Crippen molar-refractivity contribution >= 4 is 11.8 Å². The second-order valence-electron chi connectivity index (χ2n) is 5.73. The fourth-order valence-corrected chi connectivity index (χ4v) is 3.58. The zero-order valence-electron chi connectivity index (χ0n) is 13.8. The molecule has 0 fully saturated rings. The number of rotatable bonds is 5. The van der Waals surface area contributed by atoms with E-state index in [1.54, 1.807) is 18.9 Å². The summed E-state index contributed by atoms with van der Waals surface area (Å²) in [7, 11) is 1.73. The average molecular weight is 329 g/mol. The lowest BCUT2D eigenvalue weighted by molar-refractivity contribution is 0.246. The molecule has 0 aromatic heterocycles. The van der Waals surface area contributed by atoms with Crippen molar-refractivity contribution in [3.8, 4) is 11.5 Å². The first-order chi connectivity index (χ1) is 11.2. The molecule has 0 aliphatic carbocycles. The van der Waals surface area contributed by atoms with Crippen molar-refractivity contribution < 1.29 is 9.47 Å². The minimum Gasteiger partial charge on any atom is -0.496 e. The first kappa shape index (κ1) is 16.2. The summed E-state index contributed by atoms with van der Waals surface area (Å²) >= 11 is 1.70. The smallest absolute Gasteiger partial charge is 0.132 e. The van der Waals surface area contributed by atoms with Gasteiger partial charge in [0, 0.05) is 29.0 Å². The molecule has 0 saturated carbocycles. The van der Waals surface area contributed by atoms with Crippen molar-refractivity contribution in [1.82, 2.24) is 5.32 Å². The molecule has 2 atom stereocenters. The molecule has 0 unspecified atom stereocenters. The highest BCUT2D eigenvalue weighted by Gasteiger charge is 2.23. The van der Waals surface area contributed by atoms with E-state index in [1.165, 1.54) is 16.0 Å². The Morgan fingerprint density at radius 1 is 1.26 bits per heavy atom. The molecule has 23 heavy (non-hydrogen) atoms. The lowest BCUT2D eigenvalue weighted by Crippen LogP contribution is -2.29. The molecule has 2 aromatic carbocycles. The van der Waals surface area contributed by atoms with Gasteiger partial charge in [-0.2, -0.15) is 0 Å². The van der Waals surface area contributed by atoms with E-state index in [0.29, 0.717) is 6.04 Å². The van der Waals surface area contributed by atoms with Crippen LogP contribution in [0, 0.1) is 0 Å². The van der Waals surface area contributed by atoms with Gasteiger partial charge < -0.3 is 14.8 Å². The Labute approximate surface area is 142 Å². The average Bonchev–Trinajstić information content (AvgIpc) is 2.61. The van der Waals surface area contributed by atoms with E-state index in [2.05, 4.69) is 48.8 Å². The topological polar surface area (TPSA) is 30.5 Å².